The minimum Gasteiger partial charge on any atom is -0.480 e. The summed E-state index contributed by atoms with van der Waals surface area (Å²) >= 11 is 0. The van der Waals surface area contributed by atoms with Crippen LogP contribution in [-0.4, -0.2) is 69.2 Å². The molecular formula is C19H26N6O5. The lowest BCUT2D eigenvalue weighted by Gasteiger charge is -2.28. The van der Waals surface area contributed by atoms with Crippen molar-refractivity contribution in [3.05, 3.63) is 20.8 Å². The van der Waals surface area contributed by atoms with E-state index in [2.05, 4.69) is 22.1 Å². The van der Waals surface area contributed by atoms with Gasteiger partial charge in [-0.05, 0) is 13.8 Å². The van der Waals surface area contributed by atoms with Gasteiger partial charge < -0.3 is 20.1 Å². The van der Waals surface area contributed by atoms with Gasteiger partial charge in [-0.15, -0.1) is 5.92 Å². The van der Waals surface area contributed by atoms with Gasteiger partial charge in [0.2, 0.25) is 5.95 Å². The Kier molecular flexibility index (Phi) is 6.91. The maximum Gasteiger partial charge on any atom is 0.333 e. The first-order valence-electron chi connectivity index (χ1n) is 9.88. The molecule has 11 nitrogen and oxygen atoms in total. The van der Waals surface area contributed by atoms with Crippen molar-refractivity contribution in [1.29, 1.82) is 0 Å². The SMILES string of the molecule is CC#CCn1c(N2CCNCC2)nc2c1c(=O)n(CC(=O)O)c(=O)n2CCOCC. The number of nitrogens with one attached hydrogen (secondary N) is 1. The predicted molar refractivity (Wildman–Crippen MR) is 111 cm³/mol. The second-order valence-corrected chi connectivity index (χ2v) is 6.75. The van der Waals surface area contributed by atoms with Crippen molar-refractivity contribution in [2.24, 2.45) is 0 Å². The number of nitrogens with zero attached hydrogens (tertiary/aromatic N) is 5. The number of ether oxygens (including phenoxy) is 1. The molecule has 2 N–H and O–H groups in total. The van der Waals surface area contributed by atoms with Crippen molar-refractivity contribution in [3.8, 4) is 11.8 Å². The highest BCUT2D eigenvalue weighted by Gasteiger charge is 2.25. The summed E-state index contributed by atoms with van der Waals surface area (Å²) in [6.45, 7) is 6.79. The molecule has 162 valence electrons. The number of rotatable bonds is 8. The van der Waals surface area contributed by atoms with E-state index in [0.29, 0.717) is 25.6 Å². The molecule has 0 saturated carbocycles. The summed E-state index contributed by atoms with van der Waals surface area (Å²) in [6.07, 6.45) is 0. The molecule has 3 rings (SSSR count). The standard InChI is InChI=1S/C19H26N6O5/c1-3-5-8-23-15-16(21-18(23)22-9-6-20-7-10-22)24(11-12-30-4-2)19(29)25(17(15)28)13-14(26)27/h20H,4,6-13H2,1-2H3,(H,26,27). The van der Waals surface area contributed by atoms with Crippen molar-refractivity contribution >= 4 is 23.1 Å². The molecule has 1 aliphatic heterocycles. The number of hydrogen-bond donors (Lipinski definition) is 2. The molecule has 2 aromatic heterocycles. The van der Waals surface area contributed by atoms with Crippen LogP contribution in [0.3, 0.4) is 0 Å². The van der Waals surface area contributed by atoms with E-state index < -0.39 is 23.8 Å². The molecule has 1 aliphatic rings. The summed E-state index contributed by atoms with van der Waals surface area (Å²) in [5, 5.41) is 12.5. The van der Waals surface area contributed by atoms with Crippen LogP contribution in [0, 0.1) is 11.8 Å². The van der Waals surface area contributed by atoms with E-state index in [1.807, 2.05) is 11.8 Å². The number of anilines is 1. The number of hydrogen-bond acceptors (Lipinski definition) is 7. The molecule has 0 spiro atoms. The molecule has 1 saturated heterocycles. The first-order valence-corrected chi connectivity index (χ1v) is 9.88. The van der Waals surface area contributed by atoms with E-state index in [1.165, 1.54) is 4.57 Å². The van der Waals surface area contributed by atoms with E-state index >= 15 is 0 Å². The average Bonchev–Trinajstić information content (AvgIpc) is 3.12. The first-order chi connectivity index (χ1) is 14.5. The predicted octanol–water partition coefficient (Wildman–Crippen LogP) is -1.09. The topological polar surface area (TPSA) is 124 Å². The summed E-state index contributed by atoms with van der Waals surface area (Å²) in [4.78, 5) is 44.1. The maximum atomic E-state index is 13.2. The van der Waals surface area contributed by atoms with Gasteiger partial charge in [0, 0.05) is 32.8 Å². The van der Waals surface area contributed by atoms with E-state index in [4.69, 9.17) is 4.74 Å². The zero-order chi connectivity index (χ0) is 21.7. The van der Waals surface area contributed by atoms with Gasteiger partial charge in [-0.3, -0.25) is 18.7 Å². The number of imidazole rings is 1. The summed E-state index contributed by atoms with van der Waals surface area (Å²) in [5.41, 5.74) is -1.01. The Morgan fingerprint density at radius 2 is 1.97 bits per heavy atom. The molecule has 0 atom stereocenters. The Morgan fingerprint density at radius 3 is 2.60 bits per heavy atom. The summed E-state index contributed by atoms with van der Waals surface area (Å²) < 4.78 is 9.10. The van der Waals surface area contributed by atoms with Crippen molar-refractivity contribution in [2.75, 3.05) is 44.3 Å². The zero-order valence-corrected chi connectivity index (χ0v) is 17.2. The van der Waals surface area contributed by atoms with Crippen molar-refractivity contribution in [2.45, 2.75) is 33.5 Å². The van der Waals surface area contributed by atoms with Crippen LogP contribution in [0.5, 0.6) is 0 Å². The molecule has 0 bridgehead atoms. The number of aromatic nitrogens is 4. The fourth-order valence-electron chi connectivity index (χ4n) is 3.47. The Bertz CT molecular complexity index is 1100. The van der Waals surface area contributed by atoms with Crippen LogP contribution in [0.25, 0.3) is 11.2 Å². The fourth-order valence-corrected chi connectivity index (χ4v) is 3.47. The molecule has 0 radical (unpaired) electrons. The second kappa shape index (κ2) is 9.60. The molecule has 2 aromatic rings. The Balaban J connectivity index is 2.29. The molecule has 0 unspecified atom stereocenters. The number of carbonyl (C=O) groups is 1. The van der Waals surface area contributed by atoms with Crippen LogP contribution in [0.4, 0.5) is 5.95 Å². The third-order valence-electron chi connectivity index (χ3n) is 4.86. The highest BCUT2D eigenvalue weighted by Crippen LogP contribution is 2.20. The smallest absolute Gasteiger partial charge is 0.333 e. The number of fused-ring (bicyclic) bond motifs is 1. The van der Waals surface area contributed by atoms with E-state index in [0.717, 1.165) is 17.7 Å². The minimum absolute atomic E-state index is 0.153. The highest BCUT2D eigenvalue weighted by molar-refractivity contribution is 5.75. The Hall–Kier alpha value is -3.10. The number of carboxylic acids is 1. The third kappa shape index (κ3) is 4.24. The van der Waals surface area contributed by atoms with Gasteiger partial charge in [0.15, 0.2) is 11.2 Å². The molecule has 3 heterocycles. The highest BCUT2D eigenvalue weighted by atomic mass is 16.5. The van der Waals surface area contributed by atoms with Gasteiger partial charge in [0.1, 0.15) is 6.54 Å². The molecule has 0 amide bonds. The van der Waals surface area contributed by atoms with Gasteiger partial charge in [0.25, 0.3) is 5.56 Å². The lowest BCUT2D eigenvalue weighted by Crippen LogP contribution is -2.44. The summed E-state index contributed by atoms with van der Waals surface area (Å²) in [7, 11) is 0. The lowest BCUT2D eigenvalue weighted by atomic mass is 10.4. The monoisotopic (exact) mass is 418 g/mol. The second-order valence-electron chi connectivity index (χ2n) is 6.75. The summed E-state index contributed by atoms with van der Waals surface area (Å²) in [6, 6.07) is 0. The molecule has 30 heavy (non-hydrogen) atoms. The fraction of sp³-hybridized carbons (Fsp3) is 0.579. The van der Waals surface area contributed by atoms with Crippen molar-refractivity contribution < 1.29 is 14.6 Å². The normalized spacial score (nSPS) is 14.0. The molecule has 1 fully saturated rings. The van der Waals surface area contributed by atoms with Gasteiger partial charge in [-0.25, -0.2) is 9.36 Å². The van der Waals surface area contributed by atoms with Crippen molar-refractivity contribution in [1.82, 2.24) is 24.0 Å². The Labute approximate surface area is 172 Å². The largest absolute Gasteiger partial charge is 0.480 e. The van der Waals surface area contributed by atoms with Crippen molar-refractivity contribution in [3.63, 3.8) is 0 Å². The average molecular weight is 418 g/mol. The van der Waals surface area contributed by atoms with E-state index in [9.17, 15) is 19.5 Å². The number of piperazine rings is 1. The third-order valence-corrected chi connectivity index (χ3v) is 4.86. The molecule has 11 heteroatoms. The lowest BCUT2D eigenvalue weighted by molar-refractivity contribution is -0.137. The zero-order valence-electron chi connectivity index (χ0n) is 17.2. The van der Waals surface area contributed by atoms with Crippen LogP contribution in [0.1, 0.15) is 13.8 Å². The molecular weight excluding hydrogens is 392 g/mol. The van der Waals surface area contributed by atoms with Crippen LogP contribution in [0.15, 0.2) is 9.59 Å². The summed E-state index contributed by atoms with van der Waals surface area (Å²) in [5.74, 6) is 5.04. The van der Waals surface area contributed by atoms with Gasteiger partial charge >= 0.3 is 11.7 Å². The van der Waals surface area contributed by atoms with Gasteiger partial charge in [-0.1, -0.05) is 5.92 Å². The van der Waals surface area contributed by atoms with E-state index in [1.54, 1.807) is 11.5 Å². The maximum absolute atomic E-state index is 13.2. The molecule has 0 aliphatic carbocycles. The van der Waals surface area contributed by atoms with Crippen LogP contribution < -0.4 is 21.5 Å². The van der Waals surface area contributed by atoms with E-state index in [-0.39, 0.29) is 30.9 Å². The first kappa shape index (κ1) is 21.6. The van der Waals surface area contributed by atoms with Gasteiger partial charge in [-0.2, -0.15) is 4.98 Å². The minimum atomic E-state index is -1.27. The quantitative estimate of drug-likeness (QED) is 0.410. The van der Waals surface area contributed by atoms with Crippen LogP contribution >= 0.6 is 0 Å². The van der Waals surface area contributed by atoms with Gasteiger partial charge in [0.05, 0.1) is 19.7 Å². The van der Waals surface area contributed by atoms with Crippen LogP contribution in [-0.2, 0) is 29.2 Å². The number of aliphatic carboxylic acids is 1. The van der Waals surface area contributed by atoms with Crippen LogP contribution in [0.2, 0.25) is 0 Å². The number of carboxylic acid groups (broad SMARTS) is 1. The Morgan fingerprint density at radius 1 is 1.23 bits per heavy atom. The molecule has 0 aromatic carbocycles.